The molecule has 0 radical (unpaired) electrons. The van der Waals surface area contributed by atoms with E-state index in [9.17, 15) is 9.59 Å². The molecule has 2 amide bonds. The van der Waals surface area contributed by atoms with Gasteiger partial charge in [0.25, 0.3) is 0 Å². The van der Waals surface area contributed by atoms with Crippen LogP contribution in [0.2, 0.25) is 0 Å². The molecule has 4 nitrogen and oxygen atoms in total. The summed E-state index contributed by atoms with van der Waals surface area (Å²) in [7, 11) is 0. The highest BCUT2D eigenvalue weighted by atomic mass is 32.2. The molecule has 0 bridgehead atoms. The van der Waals surface area contributed by atoms with Crippen LogP contribution in [0.25, 0.3) is 0 Å². The zero-order chi connectivity index (χ0) is 12.1. The standard InChI is InChI=1S/C12H14N2O2S/c15-11(14-9-4-2-1-3-5-9)8-10-12(16)13-6-7-17-10/h1-5,10H,6-8H2,(H,13,16)(H,14,15). The molecular weight excluding hydrogens is 236 g/mol. The van der Waals surface area contributed by atoms with E-state index >= 15 is 0 Å². The summed E-state index contributed by atoms with van der Waals surface area (Å²) in [5.74, 6) is 0.713. The Labute approximate surface area is 104 Å². The van der Waals surface area contributed by atoms with Crippen LogP contribution in [0.15, 0.2) is 30.3 Å². The Balaban J connectivity index is 1.87. The first-order valence-corrected chi connectivity index (χ1v) is 6.55. The van der Waals surface area contributed by atoms with E-state index in [2.05, 4.69) is 10.6 Å². The van der Waals surface area contributed by atoms with Crippen LogP contribution in [0.5, 0.6) is 0 Å². The number of hydrogen-bond acceptors (Lipinski definition) is 3. The van der Waals surface area contributed by atoms with Crippen LogP contribution in [0.1, 0.15) is 6.42 Å². The third-order valence-corrected chi connectivity index (χ3v) is 3.66. The molecule has 1 fully saturated rings. The van der Waals surface area contributed by atoms with Gasteiger partial charge in [-0.25, -0.2) is 0 Å². The molecule has 0 aliphatic carbocycles. The third-order valence-electron chi connectivity index (χ3n) is 2.44. The van der Waals surface area contributed by atoms with Gasteiger partial charge in [-0.05, 0) is 12.1 Å². The maximum atomic E-state index is 11.7. The van der Waals surface area contributed by atoms with E-state index in [-0.39, 0.29) is 23.5 Å². The first kappa shape index (κ1) is 12.0. The molecule has 90 valence electrons. The fourth-order valence-electron chi connectivity index (χ4n) is 1.62. The number of para-hydroxylation sites is 1. The predicted octanol–water partition coefficient (Wildman–Crippen LogP) is 1.25. The Morgan fingerprint density at radius 1 is 1.41 bits per heavy atom. The van der Waals surface area contributed by atoms with Gasteiger partial charge in [-0.15, -0.1) is 11.8 Å². The first-order chi connectivity index (χ1) is 8.25. The van der Waals surface area contributed by atoms with Crippen LogP contribution < -0.4 is 10.6 Å². The summed E-state index contributed by atoms with van der Waals surface area (Å²) in [5, 5.41) is 5.28. The molecule has 2 N–H and O–H groups in total. The quantitative estimate of drug-likeness (QED) is 0.848. The van der Waals surface area contributed by atoms with Crippen LogP contribution >= 0.6 is 11.8 Å². The summed E-state index contributed by atoms with van der Waals surface area (Å²) in [4.78, 5) is 23.2. The largest absolute Gasteiger partial charge is 0.354 e. The molecule has 5 heteroatoms. The van der Waals surface area contributed by atoms with Gasteiger partial charge in [0.1, 0.15) is 0 Å². The number of nitrogens with one attached hydrogen (secondary N) is 2. The van der Waals surface area contributed by atoms with Crippen LogP contribution in [-0.4, -0.2) is 29.4 Å². The van der Waals surface area contributed by atoms with E-state index in [0.29, 0.717) is 6.54 Å². The second-order valence-electron chi connectivity index (χ2n) is 3.77. The van der Waals surface area contributed by atoms with Gasteiger partial charge in [-0.2, -0.15) is 0 Å². The molecule has 1 heterocycles. The van der Waals surface area contributed by atoms with Crippen molar-refractivity contribution in [3.63, 3.8) is 0 Å². The maximum Gasteiger partial charge on any atom is 0.233 e. The molecular formula is C12H14N2O2S. The molecule has 1 aliphatic heterocycles. The lowest BCUT2D eigenvalue weighted by Gasteiger charge is -2.20. The summed E-state index contributed by atoms with van der Waals surface area (Å²) in [5.41, 5.74) is 0.763. The van der Waals surface area contributed by atoms with E-state index in [1.54, 1.807) is 0 Å². The molecule has 2 rings (SSSR count). The van der Waals surface area contributed by atoms with Gasteiger partial charge in [-0.1, -0.05) is 18.2 Å². The number of rotatable bonds is 3. The molecule has 1 aliphatic rings. The minimum atomic E-state index is -0.257. The topological polar surface area (TPSA) is 58.2 Å². The minimum absolute atomic E-state index is 0.0375. The summed E-state index contributed by atoms with van der Waals surface area (Å²) in [6.07, 6.45) is 0.228. The lowest BCUT2D eigenvalue weighted by atomic mass is 10.2. The van der Waals surface area contributed by atoms with Crippen molar-refractivity contribution < 1.29 is 9.59 Å². The van der Waals surface area contributed by atoms with E-state index in [1.807, 2.05) is 30.3 Å². The predicted molar refractivity (Wildman–Crippen MR) is 68.9 cm³/mol. The van der Waals surface area contributed by atoms with Crippen molar-refractivity contribution in [2.45, 2.75) is 11.7 Å². The van der Waals surface area contributed by atoms with Crippen molar-refractivity contribution in [1.82, 2.24) is 5.32 Å². The van der Waals surface area contributed by atoms with Gasteiger partial charge >= 0.3 is 0 Å². The monoisotopic (exact) mass is 250 g/mol. The minimum Gasteiger partial charge on any atom is -0.354 e. The van der Waals surface area contributed by atoms with Crippen molar-refractivity contribution in [2.24, 2.45) is 0 Å². The number of hydrogen-bond donors (Lipinski definition) is 2. The zero-order valence-corrected chi connectivity index (χ0v) is 10.1. The zero-order valence-electron chi connectivity index (χ0n) is 9.31. The molecule has 1 atom stereocenters. The van der Waals surface area contributed by atoms with Crippen molar-refractivity contribution >= 4 is 29.3 Å². The number of thioether (sulfide) groups is 1. The SMILES string of the molecule is O=C(CC1SCCNC1=O)Nc1ccccc1. The number of carbonyl (C=O) groups excluding carboxylic acids is 2. The van der Waals surface area contributed by atoms with Gasteiger partial charge in [0.05, 0.1) is 5.25 Å². The smallest absolute Gasteiger partial charge is 0.233 e. The van der Waals surface area contributed by atoms with Crippen LogP contribution in [0.4, 0.5) is 5.69 Å². The summed E-state index contributed by atoms with van der Waals surface area (Å²) in [6, 6.07) is 9.26. The number of benzene rings is 1. The molecule has 0 saturated carbocycles. The number of carbonyl (C=O) groups is 2. The van der Waals surface area contributed by atoms with Crippen LogP contribution in [0, 0.1) is 0 Å². The van der Waals surface area contributed by atoms with Crippen molar-refractivity contribution in [2.75, 3.05) is 17.6 Å². The van der Waals surface area contributed by atoms with Gasteiger partial charge in [-0.3, -0.25) is 9.59 Å². The average molecular weight is 250 g/mol. The molecule has 0 spiro atoms. The Hall–Kier alpha value is -1.49. The molecule has 1 unspecified atom stereocenters. The summed E-state index contributed by atoms with van der Waals surface area (Å²) < 4.78 is 0. The Kier molecular flexibility index (Phi) is 4.03. The first-order valence-electron chi connectivity index (χ1n) is 5.50. The van der Waals surface area contributed by atoms with Crippen molar-refractivity contribution in [3.8, 4) is 0 Å². The highest BCUT2D eigenvalue weighted by Crippen LogP contribution is 2.18. The maximum absolute atomic E-state index is 11.7. The van der Waals surface area contributed by atoms with E-state index in [1.165, 1.54) is 11.8 Å². The second-order valence-corrected chi connectivity index (χ2v) is 5.08. The van der Waals surface area contributed by atoms with Gasteiger partial charge in [0.2, 0.25) is 11.8 Å². The molecule has 1 aromatic carbocycles. The Bertz CT molecular complexity index is 408. The second kappa shape index (κ2) is 5.72. The molecule has 17 heavy (non-hydrogen) atoms. The fraction of sp³-hybridized carbons (Fsp3) is 0.333. The van der Waals surface area contributed by atoms with Crippen molar-refractivity contribution in [3.05, 3.63) is 30.3 Å². The molecule has 1 aromatic rings. The van der Waals surface area contributed by atoms with Gasteiger partial charge in [0.15, 0.2) is 0 Å². The lowest BCUT2D eigenvalue weighted by molar-refractivity contribution is -0.123. The summed E-state index contributed by atoms with van der Waals surface area (Å²) in [6.45, 7) is 0.695. The van der Waals surface area contributed by atoms with Gasteiger partial charge < -0.3 is 10.6 Å². The lowest BCUT2D eigenvalue weighted by Crippen LogP contribution is -2.40. The van der Waals surface area contributed by atoms with E-state index in [0.717, 1.165) is 11.4 Å². The third kappa shape index (κ3) is 3.49. The average Bonchev–Trinajstić information content (AvgIpc) is 2.33. The molecule has 1 saturated heterocycles. The highest BCUT2D eigenvalue weighted by Gasteiger charge is 2.25. The Morgan fingerprint density at radius 3 is 2.88 bits per heavy atom. The van der Waals surface area contributed by atoms with Crippen LogP contribution in [-0.2, 0) is 9.59 Å². The number of anilines is 1. The molecule has 0 aromatic heterocycles. The van der Waals surface area contributed by atoms with E-state index < -0.39 is 0 Å². The van der Waals surface area contributed by atoms with Crippen molar-refractivity contribution in [1.29, 1.82) is 0 Å². The Morgan fingerprint density at radius 2 is 2.18 bits per heavy atom. The number of amides is 2. The van der Waals surface area contributed by atoms with Crippen LogP contribution in [0.3, 0.4) is 0 Å². The van der Waals surface area contributed by atoms with E-state index in [4.69, 9.17) is 0 Å². The summed E-state index contributed by atoms with van der Waals surface area (Å²) >= 11 is 1.54. The van der Waals surface area contributed by atoms with Gasteiger partial charge in [0, 0.05) is 24.4 Å². The normalized spacial score (nSPS) is 19.5. The fourth-order valence-corrected chi connectivity index (χ4v) is 2.63. The highest BCUT2D eigenvalue weighted by molar-refractivity contribution is 8.00.